The zero-order chi connectivity index (χ0) is 20.6. The molecule has 3 rings (SSSR count). The molecule has 0 saturated heterocycles. The van der Waals surface area contributed by atoms with Crippen molar-refractivity contribution in [1.29, 1.82) is 0 Å². The average Bonchev–Trinajstić information content (AvgIpc) is 2.71. The van der Waals surface area contributed by atoms with E-state index in [-0.39, 0.29) is 5.91 Å². The first-order chi connectivity index (χ1) is 14.0. The van der Waals surface area contributed by atoms with Gasteiger partial charge in [-0.05, 0) is 71.9 Å². The Morgan fingerprint density at radius 3 is 2.45 bits per heavy atom. The second-order valence-corrected chi connectivity index (χ2v) is 9.20. The van der Waals surface area contributed by atoms with Gasteiger partial charge in [0.25, 0.3) is 0 Å². The number of hydrogen-bond donors (Lipinski definition) is 1. The lowest BCUT2D eigenvalue weighted by Gasteiger charge is -2.15. The third-order valence-corrected chi connectivity index (χ3v) is 6.27. The van der Waals surface area contributed by atoms with Crippen LogP contribution in [0.4, 0.5) is 5.69 Å². The zero-order valence-corrected chi connectivity index (χ0v) is 18.7. The first-order valence-electron chi connectivity index (χ1n) is 10.2. The van der Waals surface area contributed by atoms with Gasteiger partial charge in [-0.25, -0.2) is 0 Å². The number of carbonyl (C=O) groups is 1. The van der Waals surface area contributed by atoms with E-state index in [4.69, 9.17) is 11.6 Å². The quantitative estimate of drug-likeness (QED) is 0.461. The van der Waals surface area contributed by atoms with Crippen molar-refractivity contribution in [3.05, 3.63) is 82.4 Å². The monoisotopic (exact) mass is 425 g/mol. The molecule has 0 spiro atoms. The van der Waals surface area contributed by atoms with Gasteiger partial charge in [0.15, 0.2) is 0 Å². The molecule has 2 nitrogen and oxygen atoms in total. The molecular weight excluding hydrogens is 398 g/mol. The van der Waals surface area contributed by atoms with Gasteiger partial charge >= 0.3 is 0 Å². The number of amides is 1. The van der Waals surface area contributed by atoms with Crippen molar-refractivity contribution in [1.82, 2.24) is 0 Å². The summed E-state index contributed by atoms with van der Waals surface area (Å²) in [6.45, 7) is 4.35. The van der Waals surface area contributed by atoms with Gasteiger partial charge in [0.1, 0.15) is 0 Å². The van der Waals surface area contributed by atoms with E-state index in [1.54, 1.807) is 11.8 Å². The number of carbonyl (C=O) groups excluding carboxylic acids is 1. The molecule has 0 saturated carbocycles. The Hall–Kier alpha value is -1.97. The summed E-state index contributed by atoms with van der Waals surface area (Å²) >= 11 is 8.14. The Kier molecular flexibility index (Phi) is 8.02. The standard InChI is InChI=1S/C25H28ClNOS/c1-3-29-23-13-8-20(9-14-23)17-25(28)27-22-11-6-19(7-12-22)5-10-21-16-18(2)4-15-24(21)26/h6-9,11-16,18H,3-5,10,17H2,1-2H3,(H,27,28). The molecule has 1 N–H and O–H groups in total. The molecule has 4 heteroatoms. The van der Waals surface area contributed by atoms with Crippen molar-refractivity contribution < 1.29 is 4.79 Å². The van der Waals surface area contributed by atoms with Crippen molar-refractivity contribution >= 4 is 35.0 Å². The summed E-state index contributed by atoms with van der Waals surface area (Å²) in [5, 5.41) is 3.89. The highest BCUT2D eigenvalue weighted by molar-refractivity contribution is 7.99. The number of allylic oxidation sites excluding steroid dienone is 4. The van der Waals surface area contributed by atoms with Gasteiger partial charge in [-0.2, -0.15) is 0 Å². The van der Waals surface area contributed by atoms with Gasteiger partial charge in [-0.15, -0.1) is 11.8 Å². The lowest BCUT2D eigenvalue weighted by molar-refractivity contribution is -0.115. The molecule has 0 fully saturated rings. The van der Waals surface area contributed by atoms with Crippen LogP contribution in [-0.2, 0) is 17.6 Å². The third kappa shape index (κ3) is 6.80. The Morgan fingerprint density at radius 2 is 1.76 bits per heavy atom. The minimum atomic E-state index is 0.00640. The number of nitrogens with one attached hydrogen (secondary N) is 1. The fourth-order valence-electron chi connectivity index (χ4n) is 3.41. The van der Waals surface area contributed by atoms with Crippen LogP contribution in [0.2, 0.25) is 0 Å². The maximum Gasteiger partial charge on any atom is 0.228 e. The molecule has 2 aromatic carbocycles. The van der Waals surface area contributed by atoms with Crippen molar-refractivity contribution in [2.45, 2.75) is 44.4 Å². The Morgan fingerprint density at radius 1 is 1.07 bits per heavy atom. The molecule has 1 unspecified atom stereocenters. The molecule has 1 aliphatic carbocycles. The number of hydrogen-bond acceptors (Lipinski definition) is 2. The maximum absolute atomic E-state index is 12.3. The fraction of sp³-hybridized carbons (Fsp3) is 0.320. The largest absolute Gasteiger partial charge is 0.326 e. The van der Waals surface area contributed by atoms with Crippen LogP contribution in [-0.4, -0.2) is 11.7 Å². The van der Waals surface area contributed by atoms with E-state index in [0.717, 1.165) is 41.3 Å². The molecule has 0 heterocycles. The summed E-state index contributed by atoms with van der Waals surface area (Å²) in [4.78, 5) is 13.6. The smallest absolute Gasteiger partial charge is 0.228 e. The molecule has 0 radical (unpaired) electrons. The Bertz CT molecular complexity index is 884. The first kappa shape index (κ1) is 21.7. The second-order valence-electron chi connectivity index (χ2n) is 7.46. The highest BCUT2D eigenvalue weighted by atomic mass is 35.5. The summed E-state index contributed by atoms with van der Waals surface area (Å²) in [6, 6.07) is 16.3. The van der Waals surface area contributed by atoms with Gasteiger partial charge in [0.2, 0.25) is 5.91 Å². The SMILES string of the molecule is CCSc1ccc(CC(=O)Nc2ccc(CCC3=CC(C)CC=C3Cl)cc2)cc1. The van der Waals surface area contributed by atoms with E-state index in [0.29, 0.717) is 12.3 Å². The molecule has 152 valence electrons. The maximum atomic E-state index is 12.3. The van der Waals surface area contributed by atoms with Gasteiger partial charge in [0.05, 0.1) is 6.42 Å². The predicted molar refractivity (Wildman–Crippen MR) is 126 cm³/mol. The normalized spacial score (nSPS) is 16.2. The third-order valence-electron chi connectivity index (χ3n) is 4.98. The van der Waals surface area contributed by atoms with Crippen LogP contribution >= 0.6 is 23.4 Å². The summed E-state index contributed by atoms with van der Waals surface area (Å²) in [5.41, 5.74) is 4.35. The van der Waals surface area contributed by atoms with Gasteiger partial charge in [-0.1, -0.05) is 61.9 Å². The van der Waals surface area contributed by atoms with Crippen molar-refractivity contribution in [2.75, 3.05) is 11.1 Å². The first-order valence-corrected chi connectivity index (χ1v) is 11.6. The van der Waals surface area contributed by atoms with Gasteiger partial charge in [-0.3, -0.25) is 4.79 Å². The highest BCUT2D eigenvalue weighted by Gasteiger charge is 2.11. The van der Waals surface area contributed by atoms with Crippen LogP contribution < -0.4 is 5.32 Å². The predicted octanol–water partition coefficient (Wildman–Crippen LogP) is 7.00. The number of benzene rings is 2. The molecule has 2 aromatic rings. The number of anilines is 1. The number of halogens is 1. The van der Waals surface area contributed by atoms with Crippen LogP contribution in [0.3, 0.4) is 0 Å². The van der Waals surface area contributed by atoms with Crippen LogP contribution in [0.15, 0.2) is 76.2 Å². The summed E-state index contributed by atoms with van der Waals surface area (Å²) in [5.74, 6) is 1.62. The fourth-order valence-corrected chi connectivity index (χ4v) is 4.32. The number of rotatable bonds is 8. The number of thioether (sulfide) groups is 1. The van der Waals surface area contributed by atoms with E-state index in [2.05, 4.69) is 55.6 Å². The lowest BCUT2D eigenvalue weighted by atomic mass is 9.94. The molecular formula is C25H28ClNOS. The summed E-state index contributed by atoms with van der Waals surface area (Å²) in [7, 11) is 0. The van der Waals surface area contributed by atoms with E-state index in [1.165, 1.54) is 16.0 Å². The van der Waals surface area contributed by atoms with Crippen LogP contribution in [0.5, 0.6) is 0 Å². The van der Waals surface area contributed by atoms with Gasteiger partial charge < -0.3 is 5.32 Å². The molecule has 1 atom stereocenters. The van der Waals surface area contributed by atoms with E-state index < -0.39 is 0 Å². The molecule has 0 aromatic heterocycles. The van der Waals surface area contributed by atoms with E-state index in [1.807, 2.05) is 24.3 Å². The Labute approximate surface area is 183 Å². The van der Waals surface area contributed by atoms with Gasteiger partial charge in [0, 0.05) is 15.6 Å². The van der Waals surface area contributed by atoms with Crippen molar-refractivity contribution in [3.8, 4) is 0 Å². The topological polar surface area (TPSA) is 29.1 Å². The molecule has 1 amide bonds. The molecule has 1 aliphatic rings. The Balaban J connectivity index is 1.49. The van der Waals surface area contributed by atoms with E-state index >= 15 is 0 Å². The van der Waals surface area contributed by atoms with Crippen molar-refractivity contribution in [3.63, 3.8) is 0 Å². The average molecular weight is 426 g/mol. The zero-order valence-electron chi connectivity index (χ0n) is 17.1. The van der Waals surface area contributed by atoms with Crippen molar-refractivity contribution in [2.24, 2.45) is 5.92 Å². The second kappa shape index (κ2) is 10.7. The number of aryl methyl sites for hydroxylation is 1. The molecule has 0 aliphatic heterocycles. The molecule has 29 heavy (non-hydrogen) atoms. The summed E-state index contributed by atoms with van der Waals surface area (Å²) in [6.07, 6.45) is 7.70. The van der Waals surface area contributed by atoms with Crippen LogP contribution in [0.25, 0.3) is 0 Å². The molecule has 0 bridgehead atoms. The minimum absolute atomic E-state index is 0.00640. The lowest BCUT2D eigenvalue weighted by Crippen LogP contribution is -2.14. The minimum Gasteiger partial charge on any atom is -0.326 e. The van der Waals surface area contributed by atoms with Crippen LogP contribution in [0, 0.1) is 5.92 Å². The van der Waals surface area contributed by atoms with Crippen LogP contribution in [0.1, 0.15) is 37.8 Å². The highest BCUT2D eigenvalue weighted by Crippen LogP contribution is 2.29. The summed E-state index contributed by atoms with van der Waals surface area (Å²) < 4.78 is 0. The van der Waals surface area contributed by atoms with E-state index in [9.17, 15) is 4.79 Å².